The molecule has 0 saturated carbocycles. The number of benzene rings is 2. The first-order valence-electron chi connectivity index (χ1n) is 7.49. The van der Waals surface area contributed by atoms with Crippen LogP contribution in [0.25, 0.3) is 0 Å². The molecule has 2 aromatic rings. The van der Waals surface area contributed by atoms with E-state index in [0.717, 1.165) is 25.1 Å². The Labute approximate surface area is 126 Å². The summed E-state index contributed by atoms with van der Waals surface area (Å²) in [5, 5.41) is 3.53. The van der Waals surface area contributed by atoms with Crippen LogP contribution >= 0.6 is 0 Å². The zero-order valence-corrected chi connectivity index (χ0v) is 12.6. The van der Waals surface area contributed by atoms with Crippen molar-refractivity contribution in [1.29, 1.82) is 0 Å². The first kappa shape index (κ1) is 15.5. The van der Waals surface area contributed by atoms with E-state index in [4.69, 9.17) is 4.74 Å². The third-order valence-electron chi connectivity index (χ3n) is 3.38. The molecule has 0 aromatic heterocycles. The fraction of sp³-hybridized carbons (Fsp3) is 0.333. The third-order valence-corrected chi connectivity index (χ3v) is 3.38. The van der Waals surface area contributed by atoms with Crippen molar-refractivity contribution in [3.05, 3.63) is 59.9 Å². The minimum absolute atomic E-state index is 0.259. The Morgan fingerprint density at radius 2 is 1.52 bits per heavy atom. The Morgan fingerprint density at radius 3 is 2.05 bits per heavy atom. The molecule has 0 bridgehead atoms. The number of hydrogen-bond acceptors (Lipinski definition) is 2. The van der Waals surface area contributed by atoms with Crippen LogP contribution in [0.15, 0.2) is 48.5 Å². The van der Waals surface area contributed by atoms with Crippen molar-refractivity contribution < 1.29 is 9.13 Å². The number of halogens is 1. The fourth-order valence-corrected chi connectivity index (χ4v) is 2.22. The van der Waals surface area contributed by atoms with Gasteiger partial charge < -0.3 is 10.1 Å². The number of ether oxygens (including phenoxy) is 1. The van der Waals surface area contributed by atoms with E-state index in [-0.39, 0.29) is 5.82 Å². The largest absolute Gasteiger partial charge is 0.457 e. The average Bonchev–Trinajstić information content (AvgIpc) is 2.52. The van der Waals surface area contributed by atoms with Crippen molar-refractivity contribution in [2.24, 2.45) is 0 Å². The second kappa shape index (κ2) is 7.79. The molecule has 0 saturated heterocycles. The lowest BCUT2D eigenvalue weighted by atomic mass is 10.0. The standard InChI is InChI=1S/C18H22FNO/c1-3-13-20-18(4-2)14-5-9-16(10-6-14)21-17-11-7-15(19)8-12-17/h5-12,18,20H,3-4,13H2,1-2H3. The number of nitrogens with one attached hydrogen (secondary N) is 1. The molecule has 0 spiro atoms. The Kier molecular flexibility index (Phi) is 5.76. The van der Waals surface area contributed by atoms with E-state index in [1.165, 1.54) is 17.7 Å². The van der Waals surface area contributed by atoms with Gasteiger partial charge >= 0.3 is 0 Å². The summed E-state index contributed by atoms with van der Waals surface area (Å²) in [6, 6.07) is 14.5. The number of hydrogen-bond donors (Lipinski definition) is 1. The van der Waals surface area contributed by atoms with E-state index in [0.29, 0.717) is 11.8 Å². The summed E-state index contributed by atoms with van der Waals surface area (Å²) in [7, 11) is 0. The summed E-state index contributed by atoms with van der Waals surface area (Å²) in [5.41, 5.74) is 1.26. The molecule has 21 heavy (non-hydrogen) atoms. The SMILES string of the molecule is CCCNC(CC)c1ccc(Oc2ccc(F)cc2)cc1. The smallest absolute Gasteiger partial charge is 0.127 e. The van der Waals surface area contributed by atoms with Gasteiger partial charge in [0.1, 0.15) is 17.3 Å². The van der Waals surface area contributed by atoms with Gasteiger partial charge in [-0.05, 0) is 61.3 Å². The maximum absolute atomic E-state index is 12.8. The predicted molar refractivity (Wildman–Crippen MR) is 84.2 cm³/mol. The minimum Gasteiger partial charge on any atom is -0.457 e. The van der Waals surface area contributed by atoms with E-state index < -0.39 is 0 Å². The van der Waals surface area contributed by atoms with Crippen molar-refractivity contribution >= 4 is 0 Å². The summed E-state index contributed by atoms with van der Waals surface area (Å²) in [4.78, 5) is 0. The normalized spacial score (nSPS) is 12.1. The molecule has 0 fully saturated rings. The monoisotopic (exact) mass is 287 g/mol. The summed E-state index contributed by atoms with van der Waals surface area (Å²) >= 11 is 0. The molecule has 0 radical (unpaired) electrons. The van der Waals surface area contributed by atoms with Gasteiger partial charge in [-0.3, -0.25) is 0 Å². The Balaban J connectivity index is 2.02. The molecule has 3 heteroatoms. The highest BCUT2D eigenvalue weighted by Gasteiger charge is 2.08. The maximum atomic E-state index is 12.8. The Morgan fingerprint density at radius 1 is 0.952 bits per heavy atom. The lowest BCUT2D eigenvalue weighted by Crippen LogP contribution is -2.21. The van der Waals surface area contributed by atoms with Crippen LogP contribution in [0.2, 0.25) is 0 Å². The summed E-state index contributed by atoms with van der Waals surface area (Å²) in [6.07, 6.45) is 2.18. The van der Waals surface area contributed by atoms with Crippen LogP contribution in [0, 0.1) is 5.82 Å². The van der Waals surface area contributed by atoms with Crippen molar-refractivity contribution in [2.45, 2.75) is 32.7 Å². The van der Waals surface area contributed by atoms with Gasteiger partial charge in [0.05, 0.1) is 0 Å². The van der Waals surface area contributed by atoms with Gasteiger partial charge in [-0.2, -0.15) is 0 Å². The van der Waals surface area contributed by atoms with Gasteiger partial charge in [-0.1, -0.05) is 26.0 Å². The van der Waals surface area contributed by atoms with Crippen molar-refractivity contribution in [2.75, 3.05) is 6.54 Å². The number of rotatable bonds is 7. The molecule has 2 rings (SSSR count). The van der Waals surface area contributed by atoms with Crippen LogP contribution in [-0.4, -0.2) is 6.54 Å². The molecule has 1 atom stereocenters. The Bertz CT molecular complexity index is 536. The van der Waals surface area contributed by atoms with E-state index in [2.05, 4.69) is 31.3 Å². The second-order valence-corrected chi connectivity index (χ2v) is 5.04. The summed E-state index contributed by atoms with van der Waals surface area (Å²) < 4.78 is 18.5. The third kappa shape index (κ3) is 4.57. The zero-order valence-electron chi connectivity index (χ0n) is 12.6. The average molecular weight is 287 g/mol. The van der Waals surface area contributed by atoms with E-state index in [1.54, 1.807) is 12.1 Å². The predicted octanol–water partition coefficient (Wildman–Crippen LogP) is 5.07. The zero-order chi connectivity index (χ0) is 15.1. The minimum atomic E-state index is -0.259. The van der Waals surface area contributed by atoms with Crippen molar-refractivity contribution in [3.63, 3.8) is 0 Å². The maximum Gasteiger partial charge on any atom is 0.127 e. The first-order valence-corrected chi connectivity index (χ1v) is 7.49. The molecule has 0 heterocycles. The summed E-state index contributed by atoms with van der Waals surface area (Å²) in [6.45, 7) is 5.36. The van der Waals surface area contributed by atoms with Crippen LogP contribution in [-0.2, 0) is 0 Å². The van der Waals surface area contributed by atoms with Gasteiger partial charge in [0, 0.05) is 6.04 Å². The molecule has 0 aliphatic rings. The first-order chi connectivity index (χ1) is 10.2. The van der Waals surface area contributed by atoms with Gasteiger partial charge in [-0.15, -0.1) is 0 Å². The topological polar surface area (TPSA) is 21.3 Å². The second-order valence-electron chi connectivity index (χ2n) is 5.04. The van der Waals surface area contributed by atoms with Crippen LogP contribution < -0.4 is 10.1 Å². The van der Waals surface area contributed by atoms with Crippen molar-refractivity contribution in [3.8, 4) is 11.5 Å². The lowest BCUT2D eigenvalue weighted by molar-refractivity contribution is 0.478. The van der Waals surface area contributed by atoms with E-state index >= 15 is 0 Å². The molecule has 0 amide bonds. The molecule has 112 valence electrons. The molecule has 2 aromatic carbocycles. The van der Waals surface area contributed by atoms with Gasteiger partial charge in [0.2, 0.25) is 0 Å². The van der Waals surface area contributed by atoms with Crippen molar-refractivity contribution in [1.82, 2.24) is 5.32 Å². The highest BCUT2D eigenvalue weighted by molar-refractivity contribution is 5.34. The van der Waals surface area contributed by atoms with Gasteiger partial charge in [0.15, 0.2) is 0 Å². The molecule has 2 nitrogen and oxygen atoms in total. The fourth-order valence-electron chi connectivity index (χ4n) is 2.22. The molecular formula is C18H22FNO. The molecule has 0 aliphatic carbocycles. The van der Waals surface area contributed by atoms with Gasteiger partial charge in [-0.25, -0.2) is 4.39 Å². The van der Waals surface area contributed by atoms with Crippen LogP contribution in [0.4, 0.5) is 4.39 Å². The van der Waals surface area contributed by atoms with Crippen LogP contribution in [0.3, 0.4) is 0 Å². The van der Waals surface area contributed by atoms with Gasteiger partial charge in [0.25, 0.3) is 0 Å². The van der Waals surface area contributed by atoms with Crippen LogP contribution in [0.5, 0.6) is 11.5 Å². The Hall–Kier alpha value is -1.87. The quantitative estimate of drug-likeness (QED) is 0.767. The molecule has 0 aliphatic heterocycles. The molecular weight excluding hydrogens is 265 g/mol. The lowest BCUT2D eigenvalue weighted by Gasteiger charge is -2.17. The van der Waals surface area contributed by atoms with E-state index in [1.807, 2.05) is 12.1 Å². The van der Waals surface area contributed by atoms with Crippen LogP contribution in [0.1, 0.15) is 38.3 Å². The van der Waals surface area contributed by atoms with E-state index in [9.17, 15) is 4.39 Å². The summed E-state index contributed by atoms with van der Waals surface area (Å²) in [5.74, 6) is 1.14. The molecule has 1 N–H and O–H groups in total. The highest BCUT2D eigenvalue weighted by atomic mass is 19.1. The molecule has 1 unspecified atom stereocenters. The highest BCUT2D eigenvalue weighted by Crippen LogP contribution is 2.24.